The molecule has 0 radical (unpaired) electrons. The largest absolute Gasteiger partial charge is 0.532 e. The highest BCUT2D eigenvalue weighted by molar-refractivity contribution is 7.82. The van der Waals surface area contributed by atoms with Gasteiger partial charge in [-0.3, -0.25) is 4.84 Å². The van der Waals surface area contributed by atoms with Crippen molar-refractivity contribution < 1.29 is 23.2 Å². The van der Waals surface area contributed by atoms with Gasteiger partial charge in [-0.25, -0.2) is 9.36 Å². The second-order valence-corrected chi connectivity index (χ2v) is 8.76. The molecule has 0 aromatic heterocycles. The van der Waals surface area contributed by atoms with Crippen LogP contribution in [0.3, 0.4) is 0 Å². The summed E-state index contributed by atoms with van der Waals surface area (Å²) in [6.07, 6.45) is 0. The van der Waals surface area contributed by atoms with E-state index < -0.39 is 18.5 Å². The topological polar surface area (TPSA) is 73.9 Å². The van der Waals surface area contributed by atoms with Gasteiger partial charge in [0.15, 0.2) is 0 Å². The van der Waals surface area contributed by atoms with Crippen molar-refractivity contribution in [2.24, 2.45) is 0 Å². The number of carbonyl (C=O) groups is 1. The van der Waals surface area contributed by atoms with Gasteiger partial charge in [0, 0.05) is 16.3 Å². The molecule has 26 heavy (non-hydrogen) atoms. The molecule has 0 aliphatic heterocycles. The first kappa shape index (κ1) is 20.7. The third kappa shape index (κ3) is 6.63. The molecule has 140 valence electrons. The molecule has 2 aromatic carbocycles. The smallest absolute Gasteiger partial charge is 0.405 e. The van der Waals surface area contributed by atoms with Crippen molar-refractivity contribution in [3.63, 3.8) is 0 Å². The first-order chi connectivity index (χ1) is 12.2. The highest BCUT2D eigenvalue weighted by Gasteiger charge is 2.37. The first-order valence-electron chi connectivity index (χ1n) is 7.60. The van der Waals surface area contributed by atoms with Crippen LogP contribution >= 0.6 is 29.8 Å². The van der Waals surface area contributed by atoms with Gasteiger partial charge in [0.05, 0.1) is 6.61 Å². The van der Waals surface area contributed by atoms with Crippen molar-refractivity contribution in [3.8, 4) is 5.75 Å². The molecule has 0 amide bonds. The van der Waals surface area contributed by atoms with Gasteiger partial charge in [-0.05, 0) is 43.7 Å². The van der Waals surface area contributed by atoms with Crippen LogP contribution in [0.2, 0.25) is 5.02 Å². The van der Waals surface area contributed by atoms with E-state index in [1.54, 1.807) is 0 Å². The minimum absolute atomic E-state index is 0.159. The molecule has 0 saturated carbocycles. The van der Waals surface area contributed by atoms with E-state index in [1.165, 1.54) is 38.1 Å². The number of nitrogens with one attached hydrogen (secondary N) is 1. The lowest BCUT2D eigenvalue weighted by Crippen LogP contribution is -2.47. The molecule has 0 saturated heterocycles. The van der Waals surface area contributed by atoms with Gasteiger partial charge >= 0.3 is 12.9 Å². The Balaban J connectivity index is 1.89. The van der Waals surface area contributed by atoms with Crippen LogP contribution in [0.5, 0.6) is 5.75 Å². The molecule has 0 aliphatic rings. The monoisotopic (exact) mass is 417 g/mol. The number of hydrogen-bond acceptors (Lipinski definition) is 6. The number of hydroxylamine groups is 1. The molecule has 1 atom stereocenters. The molecule has 1 N–H and O–H groups in total. The van der Waals surface area contributed by atoms with Crippen molar-refractivity contribution in [1.29, 1.82) is 0 Å². The number of rotatable bonds is 8. The normalized spacial score (nSPS) is 13.7. The maximum Gasteiger partial charge on any atom is 0.532 e. The quantitative estimate of drug-likeness (QED) is 0.475. The van der Waals surface area contributed by atoms with E-state index in [-0.39, 0.29) is 12.4 Å². The highest BCUT2D eigenvalue weighted by atomic mass is 35.7. The molecule has 0 spiro atoms. The van der Waals surface area contributed by atoms with Crippen molar-refractivity contribution in [3.05, 3.63) is 65.2 Å². The summed E-state index contributed by atoms with van der Waals surface area (Å²) in [4.78, 5) is 17.6. The van der Waals surface area contributed by atoms with Crippen molar-refractivity contribution in [1.82, 2.24) is 5.48 Å². The molecule has 0 fully saturated rings. The van der Waals surface area contributed by atoms with Crippen LogP contribution in [0.25, 0.3) is 0 Å². The second kappa shape index (κ2) is 8.89. The lowest BCUT2D eigenvalue weighted by Gasteiger charge is -2.24. The lowest BCUT2D eigenvalue weighted by molar-refractivity contribution is -0.148. The predicted octanol–water partition coefficient (Wildman–Crippen LogP) is 5.11. The van der Waals surface area contributed by atoms with E-state index in [2.05, 4.69) is 5.48 Å². The summed E-state index contributed by atoms with van der Waals surface area (Å²) < 4.78 is 22.1. The summed E-state index contributed by atoms with van der Waals surface area (Å²) in [6.45, 7) is -0.956. The Kier molecular flexibility index (Phi) is 7.09. The van der Waals surface area contributed by atoms with Crippen LogP contribution in [0.4, 0.5) is 0 Å². The zero-order valence-corrected chi connectivity index (χ0v) is 16.6. The molecule has 2 aromatic rings. The summed E-state index contributed by atoms with van der Waals surface area (Å²) in [7, 11) is 0. The minimum atomic E-state index is -4.19. The summed E-state index contributed by atoms with van der Waals surface area (Å²) in [6, 6.07) is 15.3. The highest BCUT2D eigenvalue weighted by Crippen LogP contribution is 2.54. The minimum Gasteiger partial charge on any atom is -0.405 e. The average Bonchev–Trinajstić information content (AvgIpc) is 2.57. The Bertz CT molecular complexity index is 784. The summed E-state index contributed by atoms with van der Waals surface area (Å²) >= 11 is 11.5. The average molecular weight is 418 g/mol. The molecule has 0 heterocycles. The predicted molar refractivity (Wildman–Crippen MR) is 100 cm³/mol. The van der Waals surface area contributed by atoms with Crippen LogP contribution in [0.1, 0.15) is 19.4 Å². The molecular formula is C17H18Cl2NO5P. The van der Waals surface area contributed by atoms with E-state index in [0.29, 0.717) is 5.02 Å². The Morgan fingerprint density at radius 3 is 2.35 bits per heavy atom. The molecule has 1 unspecified atom stereocenters. The van der Waals surface area contributed by atoms with Crippen LogP contribution in [0.15, 0.2) is 54.6 Å². The van der Waals surface area contributed by atoms with Gasteiger partial charge in [-0.2, -0.15) is 5.48 Å². The van der Waals surface area contributed by atoms with E-state index in [0.717, 1.165) is 5.56 Å². The van der Waals surface area contributed by atoms with Gasteiger partial charge in [-0.1, -0.05) is 41.9 Å². The number of benzene rings is 2. The van der Waals surface area contributed by atoms with Gasteiger partial charge in [-0.15, -0.1) is 0 Å². The third-order valence-corrected chi connectivity index (χ3v) is 4.62. The second-order valence-electron chi connectivity index (χ2n) is 5.86. The molecule has 0 aliphatic carbocycles. The Hall–Kier alpha value is -1.56. The van der Waals surface area contributed by atoms with E-state index >= 15 is 0 Å². The van der Waals surface area contributed by atoms with Gasteiger partial charge < -0.3 is 9.05 Å². The van der Waals surface area contributed by atoms with E-state index in [9.17, 15) is 9.36 Å². The van der Waals surface area contributed by atoms with Crippen LogP contribution in [0, 0.1) is 0 Å². The maximum atomic E-state index is 12.2. The Morgan fingerprint density at radius 2 is 1.73 bits per heavy atom. The van der Waals surface area contributed by atoms with Crippen LogP contribution in [-0.2, 0) is 25.3 Å². The number of carbonyl (C=O) groups excluding carboxylic acids is 1. The SMILES string of the molecule is CC(C)(NOCc1ccccc1)C(=O)OP(=O)(Cl)Oc1ccc(Cl)cc1. The van der Waals surface area contributed by atoms with Crippen molar-refractivity contribution in [2.75, 3.05) is 0 Å². The molecule has 6 nitrogen and oxygen atoms in total. The lowest BCUT2D eigenvalue weighted by atomic mass is 10.1. The molecule has 0 bridgehead atoms. The van der Waals surface area contributed by atoms with Gasteiger partial charge in [0.25, 0.3) is 0 Å². The summed E-state index contributed by atoms with van der Waals surface area (Å²) in [5, 5.41) is 0.472. The molecular weight excluding hydrogens is 400 g/mol. The van der Waals surface area contributed by atoms with Crippen LogP contribution < -0.4 is 10.0 Å². The number of halogens is 2. The first-order valence-corrected chi connectivity index (χ1v) is 10.4. The fourth-order valence-electron chi connectivity index (χ4n) is 1.77. The molecule has 9 heteroatoms. The van der Waals surface area contributed by atoms with Crippen molar-refractivity contribution >= 4 is 35.8 Å². The standard InChI is InChI=1S/C17H18Cl2NO5P/c1-17(2,20-23-12-13-6-4-3-5-7-13)16(21)25-26(19,22)24-15-10-8-14(18)9-11-15/h3-11,20H,12H2,1-2H3. The summed E-state index contributed by atoms with van der Waals surface area (Å²) in [5.41, 5.74) is 2.19. The Morgan fingerprint density at radius 1 is 1.12 bits per heavy atom. The fourth-order valence-corrected chi connectivity index (χ4v) is 3.16. The summed E-state index contributed by atoms with van der Waals surface area (Å²) in [5.74, 6) is -0.732. The molecule has 2 rings (SSSR count). The third-order valence-electron chi connectivity index (χ3n) is 3.14. The zero-order valence-electron chi connectivity index (χ0n) is 14.1. The van der Waals surface area contributed by atoms with E-state index in [1.807, 2.05) is 30.3 Å². The van der Waals surface area contributed by atoms with Gasteiger partial charge in [0.1, 0.15) is 11.3 Å². The zero-order chi connectivity index (χ0) is 19.2. The number of hydrogen-bond donors (Lipinski definition) is 1. The van der Waals surface area contributed by atoms with E-state index in [4.69, 9.17) is 36.7 Å². The van der Waals surface area contributed by atoms with Crippen molar-refractivity contribution in [2.45, 2.75) is 26.0 Å². The van der Waals surface area contributed by atoms with Gasteiger partial charge in [0.2, 0.25) is 0 Å². The fraction of sp³-hybridized carbons (Fsp3) is 0.235. The van der Waals surface area contributed by atoms with Crippen LogP contribution in [-0.4, -0.2) is 11.5 Å². The Labute approximate surface area is 161 Å². The maximum absolute atomic E-state index is 12.2.